The molecule has 0 aromatic rings. The summed E-state index contributed by atoms with van der Waals surface area (Å²) in [5.41, 5.74) is 0. The molecule has 5 heteroatoms. The number of hydrogen-bond acceptors (Lipinski definition) is 2. The Hall–Kier alpha value is -1.26. The Morgan fingerprint density at radius 2 is 2.00 bits per heavy atom. The molecule has 2 amide bonds. The van der Waals surface area contributed by atoms with Crippen LogP contribution in [0.4, 0.5) is 4.79 Å². The lowest BCUT2D eigenvalue weighted by molar-refractivity contribution is -0.141. The van der Waals surface area contributed by atoms with E-state index >= 15 is 0 Å². The minimum absolute atomic E-state index is 0.183. The molecule has 76 valence electrons. The van der Waals surface area contributed by atoms with Crippen LogP contribution in [0.1, 0.15) is 13.3 Å². The molecule has 0 heterocycles. The molecule has 0 aromatic heterocycles. The molecule has 0 rings (SSSR count). The summed E-state index contributed by atoms with van der Waals surface area (Å²) >= 11 is 0. The number of carboxylic acid groups (broad SMARTS) is 1. The van der Waals surface area contributed by atoms with Crippen molar-refractivity contribution in [2.75, 3.05) is 20.6 Å². The van der Waals surface area contributed by atoms with Crippen LogP contribution in [0.2, 0.25) is 0 Å². The summed E-state index contributed by atoms with van der Waals surface area (Å²) < 4.78 is 0. The van der Waals surface area contributed by atoms with Crippen LogP contribution < -0.4 is 5.32 Å². The SMILES string of the molecule is CCC(CNC(=O)N(C)C)C(=O)O. The lowest BCUT2D eigenvalue weighted by atomic mass is 10.1. The first-order valence-corrected chi connectivity index (χ1v) is 4.17. The van der Waals surface area contributed by atoms with Crippen molar-refractivity contribution in [2.45, 2.75) is 13.3 Å². The van der Waals surface area contributed by atoms with Crippen molar-refractivity contribution in [1.29, 1.82) is 0 Å². The normalized spacial score (nSPS) is 11.9. The standard InChI is InChI=1S/C8H16N2O3/c1-4-6(7(11)12)5-9-8(13)10(2)3/h6H,4-5H2,1-3H3,(H,9,13)(H,11,12). The van der Waals surface area contributed by atoms with Gasteiger partial charge in [-0.05, 0) is 6.42 Å². The van der Waals surface area contributed by atoms with Crippen LogP contribution in [0, 0.1) is 5.92 Å². The van der Waals surface area contributed by atoms with Gasteiger partial charge in [0, 0.05) is 20.6 Å². The summed E-state index contributed by atoms with van der Waals surface area (Å²) in [6, 6.07) is -0.264. The van der Waals surface area contributed by atoms with Gasteiger partial charge >= 0.3 is 12.0 Å². The minimum Gasteiger partial charge on any atom is -0.481 e. The first-order valence-electron chi connectivity index (χ1n) is 4.17. The van der Waals surface area contributed by atoms with Crippen LogP contribution in [0.15, 0.2) is 0 Å². The molecule has 2 N–H and O–H groups in total. The third-order valence-electron chi connectivity index (χ3n) is 1.75. The van der Waals surface area contributed by atoms with E-state index in [9.17, 15) is 9.59 Å². The summed E-state index contributed by atoms with van der Waals surface area (Å²) in [5, 5.41) is 11.2. The monoisotopic (exact) mass is 188 g/mol. The van der Waals surface area contributed by atoms with Crippen molar-refractivity contribution in [3.63, 3.8) is 0 Å². The van der Waals surface area contributed by atoms with E-state index in [2.05, 4.69) is 5.32 Å². The number of carbonyl (C=O) groups excluding carboxylic acids is 1. The Kier molecular flexibility index (Phi) is 4.87. The average Bonchev–Trinajstić information content (AvgIpc) is 2.04. The smallest absolute Gasteiger partial charge is 0.316 e. The lowest BCUT2D eigenvalue weighted by Gasteiger charge is -2.14. The van der Waals surface area contributed by atoms with Gasteiger partial charge in [-0.25, -0.2) is 4.79 Å². The van der Waals surface area contributed by atoms with Gasteiger partial charge < -0.3 is 15.3 Å². The highest BCUT2D eigenvalue weighted by atomic mass is 16.4. The summed E-state index contributed by atoms with van der Waals surface area (Å²) in [7, 11) is 3.22. The van der Waals surface area contributed by atoms with E-state index in [0.29, 0.717) is 6.42 Å². The van der Waals surface area contributed by atoms with Crippen molar-refractivity contribution in [3.8, 4) is 0 Å². The zero-order valence-corrected chi connectivity index (χ0v) is 8.20. The Morgan fingerprint density at radius 1 is 1.46 bits per heavy atom. The molecule has 0 aliphatic heterocycles. The Morgan fingerprint density at radius 3 is 2.31 bits per heavy atom. The number of carboxylic acids is 1. The van der Waals surface area contributed by atoms with Crippen molar-refractivity contribution >= 4 is 12.0 Å². The fraction of sp³-hybridized carbons (Fsp3) is 0.750. The van der Waals surface area contributed by atoms with Crippen molar-refractivity contribution in [1.82, 2.24) is 10.2 Å². The first kappa shape index (κ1) is 11.7. The molecule has 0 saturated heterocycles. The van der Waals surface area contributed by atoms with Gasteiger partial charge in [-0.2, -0.15) is 0 Å². The van der Waals surface area contributed by atoms with Gasteiger partial charge in [-0.3, -0.25) is 4.79 Å². The van der Waals surface area contributed by atoms with E-state index in [-0.39, 0.29) is 12.6 Å². The number of nitrogens with zero attached hydrogens (tertiary/aromatic N) is 1. The van der Waals surface area contributed by atoms with E-state index in [1.165, 1.54) is 4.90 Å². The van der Waals surface area contributed by atoms with Crippen molar-refractivity contribution in [3.05, 3.63) is 0 Å². The number of aliphatic carboxylic acids is 1. The maximum atomic E-state index is 11.0. The minimum atomic E-state index is -0.874. The zero-order valence-electron chi connectivity index (χ0n) is 8.20. The molecule has 0 aromatic carbocycles. The van der Waals surface area contributed by atoms with Gasteiger partial charge in [0.2, 0.25) is 0 Å². The molecule has 13 heavy (non-hydrogen) atoms. The van der Waals surface area contributed by atoms with Gasteiger partial charge in [0.05, 0.1) is 5.92 Å². The predicted molar refractivity (Wildman–Crippen MR) is 48.5 cm³/mol. The van der Waals surface area contributed by atoms with Gasteiger partial charge in [0.15, 0.2) is 0 Å². The van der Waals surface area contributed by atoms with Crippen LogP contribution in [0.3, 0.4) is 0 Å². The third-order valence-corrected chi connectivity index (χ3v) is 1.75. The van der Waals surface area contributed by atoms with Crippen LogP contribution in [0.5, 0.6) is 0 Å². The van der Waals surface area contributed by atoms with E-state index in [4.69, 9.17) is 5.11 Å². The largest absolute Gasteiger partial charge is 0.481 e. The van der Waals surface area contributed by atoms with Gasteiger partial charge in [0.25, 0.3) is 0 Å². The van der Waals surface area contributed by atoms with E-state index < -0.39 is 11.9 Å². The van der Waals surface area contributed by atoms with Crippen molar-refractivity contribution < 1.29 is 14.7 Å². The maximum Gasteiger partial charge on any atom is 0.316 e. The number of carbonyl (C=O) groups is 2. The molecule has 1 atom stereocenters. The predicted octanol–water partition coefficient (Wildman–Crippen LogP) is 0.368. The second-order valence-corrected chi connectivity index (χ2v) is 3.02. The molecule has 0 saturated carbocycles. The number of amides is 2. The number of rotatable bonds is 4. The van der Waals surface area contributed by atoms with Crippen LogP contribution in [-0.4, -0.2) is 42.6 Å². The van der Waals surface area contributed by atoms with Gasteiger partial charge in [-0.15, -0.1) is 0 Å². The van der Waals surface area contributed by atoms with Crippen LogP contribution >= 0.6 is 0 Å². The quantitative estimate of drug-likeness (QED) is 0.669. The van der Waals surface area contributed by atoms with E-state index in [1.807, 2.05) is 0 Å². The van der Waals surface area contributed by atoms with Crippen LogP contribution in [-0.2, 0) is 4.79 Å². The van der Waals surface area contributed by atoms with E-state index in [1.54, 1.807) is 21.0 Å². The summed E-state index contributed by atoms with van der Waals surface area (Å²) in [6.07, 6.45) is 0.517. The van der Waals surface area contributed by atoms with E-state index in [0.717, 1.165) is 0 Å². The van der Waals surface area contributed by atoms with Crippen molar-refractivity contribution in [2.24, 2.45) is 5.92 Å². The third kappa shape index (κ3) is 4.35. The second-order valence-electron chi connectivity index (χ2n) is 3.02. The molecule has 1 unspecified atom stereocenters. The second kappa shape index (κ2) is 5.40. The number of nitrogens with one attached hydrogen (secondary N) is 1. The average molecular weight is 188 g/mol. The maximum absolute atomic E-state index is 11.0. The molecule has 0 radical (unpaired) electrons. The molecular weight excluding hydrogens is 172 g/mol. The molecule has 0 fully saturated rings. The van der Waals surface area contributed by atoms with Crippen LogP contribution in [0.25, 0.3) is 0 Å². The lowest BCUT2D eigenvalue weighted by Crippen LogP contribution is -2.39. The zero-order chi connectivity index (χ0) is 10.4. The highest BCUT2D eigenvalue weighted by Crippen LogP contribution is 2.00. The fourth-order valence-electron chi connectivity index (χ4n) is 0.775. The molecule has 0 aliphatic rings. The Labute approximate surface area is 77.7 Å². The van der Waals surface area contributed by atoms with Gasteiger partial charge in [0.1, 0.15) is 0 Å². The summed E-state index contributed by atoms with van der Waals surface area (Å²) in [6.45, 7) is 1.96. The first-order chi connectivity index (χ1) is 5.99. The fourth-order valence-corrected chi connectivity index (χ4v) is 0.775. The topological polar surface area (TPSA) is 69.6 Å². The molecule has 0 spiro atoms. The summed E-state index contributed by atoms with van der Waals surface area (Å²) in [5.74, 6) is -1.37. The molecular formula is C8H16N2O3. The number of hydrogen-bond donors (Lipinski definition) is 2. The molecule has 0 aliphatic carbocycles. The molecule has 5 nitrogen and oxygen atoms in total. The summed E-state index contributed by atoms with van der Waals surface area (Å²) in [4.78, 5) is 22.9. The number of urea groups is 1. The molecule has 0 bridgehead atoms. The van der Waals surface area contributed by atoms with Gasteiger partial charge in [-0.1, -0.05) is 6.92 Å². The Balaban J connectivity index is 3.85. The Bertz CT molecular complexity index is 192. The highest BCUT2D eigenvalue weighted by molar-refractivity contribution is 5.75. The highest BCUT2D eigenvalue weighted by Gasteiger charge is 2.15.